The third-order valence-electron chi connectivity index (χ3n) is 3.01. The second kappa shape index (κ2) is 7.73. The molecule has 1 amide bonds. The molecule has 6 heteroatoms. The van der Waals surface area contributed by atoms with E-state index in [0.717, 1.165) is 5.56 Å². The molecule has 0 aliphatic carbocycles. The molecular weight excluding hydrogens is 296 g/mol. The molecule has 1 aromatic rings. The monoisotopic (exact) mass is 320 g/mol. The van der Waals surface area contributed by atoms with Crippen LogP contribution in [0.2, 0.25) is 0 Å². The number of nitrogens with zero attached hydrogens (tertiary/aromatic N) is 1. The van der Waals surface area contributed by atoms with Gasteiger partial charge in [-0.3, -0.25) is 0 Å². The van der Waals surface area contributed by atoms with E-state index >= 15 is 0 Å². The van der Waals surface area contributed by atoms with E-state index in [-0.39, 0.29) is 6.04 Å². The normalized spacial score (nSPS) is 12.0. The Morgan fingerprint density at radius 1 is 1.26 bits per heavy atom. The first-order valence-electron chi connectivity index (χ1n) is 7.34. The SMILES string of the molecule is COc1cc(CC(C)NC(=O)OC(C)(C)C)c(OC)cc1C#N. The lowest BCUT2D eigenvalue weighted by Gasteiger charge is -2.22. The number of nitriles is 1. The third kappa shape index (κ3) is 5.70. The van der Waals surface area contributed by atoms with E-state index in [1.807, 2.05) is 27.7 Å². The van der Waals surface area contributed by atoms with Gasteiger partial charge in [-0.2, -0.15) is 5.26 Å². The van der Waals surface area contributed by atoms with Crippen LogP contribution in [0, 0.1) is 11.3 Å². The van der Waals surface area contributed by atoms with Gasteiger partial charge in [-0.15, -0.1) is 0 Å². The Morgan fingerprint density at radius 2 is 1.87 bits per heavy atom. The predicted octanol–water partition coefficient (Wildman–Crippen LogP) is 3.03. The Morgan fingerprint density at radius 3 is 2.35 bits per heavy atom. The number of ether oxygens (including phenoxy) is 3. The van der Waals surface area contributed by atoms with Crippen LogP contribution < -0.4 is 14.8 Å². The molecule has 0 saturated carbocycles. The van der Waals surface area contributed by atoms with Crippen molar-refractivity contribution in [2.24, 2.45) is 0 Å². The van der Waals surface area contributed by atoms with Crippen molar-refractivity contribution in [2.75, 3.05) is 14.2 Å². The fraction of sp³-hybridized carbons (Fsp3) is 0.529. The Labute approximate surface area is 137 Å². The molecule has 0 heterocycles. The van der Waals surface area contributed by atoms with Crippen molar-refractivity contribution in [3.05, 3.63) is 23.3 Å². The standard InChI is InChI=1S/C17H24N2O4/c1-11(19-16(20)23-17(2,3)4)7-12-8-15(22-6)13(10-18)9-14(12)21-5/h8-9,11H,7H2,1-6H3,(H,19,20). The summed E-state index contributed by atoms with van der Waals surface area (Å²) in [4.78, 5) is 11.8. The Bertz CT molecular complexity index is 600. The second-order valence-corrected chi connectivity index (χ2v) is 6.23. The summed E-state index contributed by atoms with van der Waals surface area (Å²) in [5.74, 6) is 1.06. The molecule has 1 rings (SSSR count). The lowest BCUT2D eigenvalue weighted by Crippen LogP contribution is -2.38. The number of rotatable bonds is 5. The van der Waals surface area contributed by atoms with E-state index in [2.05, 4.69) is 11.4 Å². The number of hydrogen-bond acceptors (Lipinski definition) is 5. The van der Waals surface area contributed by atoms with E-state index in [9.17, 15) is 4.79 Å². The number of methoxy groups -OCH3 is 2. The van der Waals surface area contributed by atoms with Gasteiger partial charge < -0.3 is 19.5 Å². The Hall–Kier alpha value is -2.42. The van der Waals surface area contributed by atoms with Crippen molar-refractivity contribution in [3.63, 3.8) is 0 Å². The molecule has 126 valence electrons. The summed E-state index contributed by atoms with van der Waals surface area (Å²) < 4.78 is 15.8. The maximum atomic E-state index is 11.8. The van der Waals surface area contributed by atoms with Crippen molar-refractivity contribution in [1.29, 1.82) is 5.26 Å². The molecule has 6 nitrogen and oxygen atoms in total. The van der Waals surface area contributed by atoms with Gasteiger partial charge in [-0.25, -0.2) is 4.79 Å². The van der Waals surface area contributed by atoms with Crippen LogP contribution in [0.3, 0.4) is 0 Å². The molecule has 0 radical (unpaired) electrons. The number of hydrogen-bond donors (Lipinski definition) is 1. The van der Waals surface area contributed by atoms with Gasteiger partial charge in [0.15, 0.2) is 0 Å². The quantitative estimate of drug-likeness (QED) is 0.902. The van der Waals surface area contributed by atoms with Crippen LogP contribution in [0.5, 0.6) is 11.5 Å². The molecular formula is C17H24N2O4. The molecule has 0 aliphatic rings. The zero-order chi connectivity index (χ0) is 17.6. The molecule has 1 unspecified atom stereocenters. The highest BCUT2D eigenvalue weighted by molar-refractivity contribution is 5.68. The summed E-state index contributed by atoms with van der Waals surface area (Å²) in [6.07, 6.45) is 0.0504. The van der Waals surface area contributed by atoms with E-state index in [0.29, 0.717) is 23.5 Å². The molecule has 1 atom stereocenters. The summed E-state index contributed by atoms with van der Waals surface area (Å²) >= 11 is 0. The highest BCUT2D eigenvalue weighted by Crippen LogP contribution is 2.29. The summed E-state index contributed by atoms with van der Waals surface area (Å²) in [5, 5.41) is 11.9. The van der Waals surface area contributed by atoms with Crippen LogP contribution in [0.15, 0.2) is 12.1 Å². The zero-order valence-corrected chi connectivity index (χ0v) is 14.5. The van der Waals surface area contributed by atoms with Crippen molar-refractivity contribution < 1.29 is 19.0 Å². The van der Waals surface area contributed by atoms with E-state index < -0.39 is 11.7 Å². The third-order valence-corrected chi connectivity index (χ3v) is 3.01. The Kier molecular flexibility index (Phi) is 6.26. The van der Waals surface area contributed by atoms with Crippen molar-refractivity contribution in [1.82, 2.24) is 5.32 Å². The molecule has 0 fully saturated rings. The van der Waals surface area contributed by atoms with Gasteiger partial charge in [0.2, 0.25) is 0 Å². The van der Waals surface area contributed by atoms with Gasteiger partial charge in [0.1, 0.15) is 23.2 Å². The van der Waals surface area contributed by atoms with Crippen LogP contribution >= 0.6 is 0 Å². The second-order valence-electron chi connectivity index (χ2n) is 6.23. The summed E-state index contributed by atoms with van der Waals surface area (Å²) in [7, 11) is 3.05. The van der Waals surface area contributed by atoms with Gasteiger partial charge in [-0.1, -0.05) is 0 Å². The van der Waals surface area contributed by atoms with Crippen LogP contribution in [-0.4, -0.2) is 32.0 Å². The topological polar surface area (TPSA) is 80.6 Å². The predicted molar refractivity (Wildman–Crippen MR) is 86.8 cm³/mol. The first kappa shape index (κ1) is 18.6. The molecule has 0 aliphatic heterocycles. The number of alkyl carbamates (subject to hydrolysis) is 1. The summed E-state index contributed by atoms with van der Waals surface area (Å²) in [5.41, 5.74) is 0.701. The van der Waals surface area contributed by atoms with Gasteiger partial charge >= 0.3 is 6.09 Å². The summed E-state index contributed by atoms with van der Waals surface area (Å²) in [6.45, 7) is 7.30. The average molecular weight is 320 g/mol. The van der Waals surface area contributed by atoms with Crippen molar-refractivity contribution in [2.45, 2.75) is 45.8 Å². The minimum Gasteiger partial charge on any atom is -0.496 e. The summed E-state index contributed by atoms with van der Waals surface area (Å²) in [6, 6.07) is 5.28. The number of carbonyl (C=O) groups excluding carboxylic acids is 1. The maximum absolute atomic E-state index is 11.8. The van der Waals surface area contributed by atoms with Crippen LogP contribution in [-0.2, 0) is 11.2 Å². The number of nitrogens with one attached hydrogen (secondary N) is 1. The molecule has 0 spiro atoms. The molecule has 1 aromatic carbocycles. The fourth-order valence-corrected chi connectivity index (χ4v) is 2.10. The van der Waals surface area contributed by atoms with Crippen LogP contribution in [0.25, 0.3) is 0 Å². The maximum Gasteiger partial charge on any atom is 0.407 e. The molecule has 1 N–H and O–H groups in total. The van der Waals surface area contributed by atoms with E-state index in [1.54, 1.807) is 19.2 Å². The van der Waals surface area contributed by atoms with Gasteiger partial charge in [0.05, 0.1) is 19.8 Å². The molecule has 23 heavy (non-hydrogen) atoms. The van der Waals surface area contributed by atoms with E-state index in [1.165, 1.54) is 7.11 Å². The van der Waals surface area contributed by atoms with Gasteiger partial charge in [0, 0.05) is 12.1 Å². The minimum absolute atomic E-state index is 0.170. The molecule has 0 bridgehead atoms. The Balaban J connectivity index is 2.87. The molecule has 0 aromatic heterocycles. The van der Waals surface area contributed by atoms with Crippen LogP contribution in [0.1, 0.15) is 38.8 Å². The first-order chi connectivity index (χ1) is 10.7. The average Bonchev–Trinajstić information content (AvgIpc) is 2.44. The minimum atomic E-state index is -0.543. The molecule has 0 saturated heterocycles. The number of benzene rings is 1. The van der Waals surface area contributed by atoms with Gasteiger partial charge in [-0.05, 0) is 45.7 Å². The largest absolute Gasteiger partial charge is 0.496 e. The highest BCUT2D eigenvalue weighted by Gasteiger charge is 2.19. The van der Waals surface area contributed by atoms with Crippen molar-refractivity contribution in [3.8, 4) is 17.6 Å². The van der Waals surface area contributed by atoms with Crippen LogP contribution in [0.4, 0.5) is 4.79 Å². The lowest BCUT2D eigenvalue weighted by molar-refractivity contribution is 0.0508. The number of amides is 1. The van der Waals surface area contributed by atoms with Gasteiger partial charge in [0.25, 0.3) is 0 Å². The fourth-order valence-electron chi connectivity index (χ4n) is 2.10. The zero-order valence-electron chi connectivity index (χ0n) is 14.5. The number of carbonyl (C=O) groups is 1. The van der Waals surface area contributed by atoms with E-state index in [4.69, 9.17) is 19.5 Å². The lowest BCUT2D eigenvalue weighted by atomic mass is 10.0. The van der Waals surface area contributed by atoms with Crippen molar-refractivity contribution >= 4 is 6.09 Å². The highest BCUT2D eigenvalue weighted by atomic mass is 16.6. The first-order valence-corrected chi connectivity index (χ1v) is 7.34. The smallest absolute Gasteiger partial charge is 0.407 e.